The second-order valence-corrected chi connectivity index (χ2v) is 11.0. The predicted molar refractivity (Wildman–Crippen MR) is 78.4 cm³/mol. The zero-order valence-electron chi connectivity index (χ0n) is 12.1. The minimum atomic E-state index is -1.78. The Kier molecular flexibility index (Phi) is 4.88. The van der Waals surface area contributed by atoms with Crippen LogP contribution in [0.25, 0.3) is 0 Å². The zero-order valence-corrected chi connectivity index (χ0v) is 13.1. The molecule has 1 atom stereocenters. The maximum atomic E-state index is 11.2. The Labute approximate surface area is 111 Å². The van der Waals surface area contributed by atoms with Crippen LogP contribution in [-0.2, 0) is 9.22 Å². The fourth-order valence-electron chi connectivity index (χ4n) is 1.43. The average molecular weight is 264 g/mol. The van der Waals surface area contributed by atoms with Crippen LogP contribution in [0.15, 0.2) is 30.3 Å². The summed E-state index contributed by atoms with van der Waals surface area (Å²) in [5, 5.41) is 0.178. The molecule has 1 aromatic rings. The van der Waals surface area contributed by atoms with E-state index in [1.54, 1.807) is 0 Å². The van der Waals surface area contributed by atoms with Crippen molar-refractivity contribution in [1.29, 1.82) is 0 Å². The molecule has 100 valence electrons. The van der Waals surface area contributed by atoms with Gasteiger partial charge in [-0.2, -0.15) is 0 Å². The molecular weight excluding hydrogens is 240 g/mol. The third kappa shape index (κ3) is 3.78. The summed E-state index contributed by atoms with van der Waals surface area (Å²) in [4.78, 5) is 11.2. The number of aldehydes is 1. The molecule has 0 saturated carbocycles. The van der Waals surface area contributed by atoms with Gasteiger partial charge in [-0.1, -0.05) is 51.1 Å². The van der Waals surface area contributed by atoms with E-state index in [1.807, 2.05) is 30.3 Å². The van der Waals surface area contributed by atoms with Gasteiger partial charge in [0.15, 0.2) is 8.32 Å². The van der Waals surface area contributed by atoms with Crippen LogP contribution in [0.5, 0.6) is 0 Å². The van der Waals surface area contributed by atoms with Crippen molar-refractivity contribution in [2.45, 2.75) is 44.8 Å². The number of carbonyl (C=O) groups is 1. The van der Waals surface area contributed by atoms with E-state index in [0.29, 0.717) is 6.61 Å². The van der Waals surface area contributed by atoms with Crippen molar-refractivity contribution in [3.8, 4) is 0 Å². The largest absolute Gasteiger partial charge is 0.416 e. The molecule has 0 amide bonds. The van der Waals surface area contributed by atoms with Gasteiger partial charge >= 0.3 is 0 Å². The van der Waals surface area contributed by atoms with E-state index >= 15 is 0 Å². The van der Waals surface area contributed by atoms with Crippen molar-refractivity contribution in [2.75, 3.05) is 6.61 Å². The lowest BCUT2D eigenvalue weighted by atomic mass is 10.0. The molecule has 1 aromatic carbocycles. The van der Waals surface area contributed by atoms with Gasteiger partial charge in [0.25, 0.3) is 0 Å². The first-order valence-corrected chi connectivity index (χ1v) is 9.33. The number of carbonyl (C=O) groups excluding carboxylic acids is 1. The summed E-state index contributed by atoms with van der Waals surface area (Å²) in [6.45, 7) is 11.5. The number of hydrogen-bond acceptors (Lipinski definition) is 2. The number of hydrogen-bond donors (Lipinski definition) is 0. The normalized spacial score (nSPS) is 14.3. The highest BCUT2D eigenvalue weighted by molar-refractivity contribution is 6.74. The van der Waals surface area contributed by atoms with E-state index in [9.17, 15) is 4.79 Å². The lowest BCUT2D eigenvalue weighted by molar-refractivity contribution is -0.109. The van der Waals surface area contributed by atoms with Gasteiger partial charge in [-0.25, -0.2) is 0 Å². The monoisotopic (exact) mass is 264 g/mol. The number of benzene rings is 1. The molecule has 3 heteroatoms. The van der Waals surface area contributed by atoms with E-state index in [4.69, 9.17) is 4.43 Å². The van der Waals surface area contributed by atoms with Crippen LogP contribution in [0, 0.1) is 0 Å². The quantitative estimate of drug-likeness (QED) is 0.594. The average Bonchev–Trinajstić information content (AvgIpc) is 2.29. The summed E-state index contributed by atoms with van der Waals surface area (Å²) in [6, 6.07) is 9.83. The summed E-state index contributed by atoms with van der Waals surface area (Å²) in [5.41, 5.74) is 1.03. The molecule has 1 unspecified atom stereocenters. The third-order valence-electron chi connectivity index (χ3n) is 3.82. The van der Waals surface area contributed by atoms with Gasteiger partial charge in [0.05, 0.1) is 5.92 Å². The van der Waals surface area contributed by atoms with Crippen molar-refractivity contribution < 1.29 is 9.22 Å². The minimum absolute atomic E-state index is 0.152. The van der Waals surface area contributed by atoms with Gasteiger partial charge in [0.1, 0.15) is 6.29 Å². The molecule has 0 bridgehead atoms. The Balaban J connectivity index is 2.70. The minimum Gasteiger partial charge on any atom is -0.416 e. The highest BCUT2D eigenvalue weighted by Crippen LogP contribution is 2.37. The Bertz CT molecular complexity index is 379. The lowest BCUT2D eigenvalue weighted by Crippen LogP contribution is -2.41. The summed E-state index contributed by atoms with van der Waals surface area (Å²) in [6.07, 6.45) is 0.989. The maximum absolute atomic E-state index is 11.2. The molecule has 0 heterocycles. The fourth-order valence-corrected chi connectivity index (χ4v) is 2.46. The van der Waals surface area contributed by atoms with Crippen LogP contribution in [0.4, 0.5) is 0 Å². The van der Waals surface area contributed by atoms with Gasteiger partial charge in [-0.05, 0) is 23.7 Å². The molecular formula is C15H24O2Si. The van der Waals surface area contributed by atoms with Crippen molar-refractivity contribution >= 4 is 14.6 Å². The van der Waals surface area contributed by atoms with Crippen LogP contribution in [-0.4, -0.2) is 21.2 Å². The van der Waals surface area contributed by atoms with E-state index in [-0.39, 0.29) is 11.0 Å². The van der Waals surface area contributed by atoms with Gasteiger partial charge in [-0.3, -0.25) is 0 Å². The van der Waals surface area contributed by atoms with Gasteiger partial charge in [-0.15, -0.1) is 0 Å². The van der Waals surface area contributed by atoms with Crippen LogP contribution < -0.4 is 0 Å². The van der Waals surface area contributed by atoms with Crippen molar-refractivity contribution in [3.05, 3.63) is 35.9 Å². The third-order valence-corrected chi connectivity index (χ3v) is 8.32. The first-order chi connectivity index (χ1) is 8.28. The molecule has 1 rings (SSSR count). The second kappa shape index (κ2) is 5.80. The van der Waals surface area contributed by atoms with E-state index in [2.05, 4.69) is 33.9 Å². The number of rotatable bonds is 5. The second-order valence-electron chi connectivity index (χ2n) is 6.22. The SMILES string of the molecule is CC(C)(C)[Si](C)(C)OCC(C=O)c1ccccc1. The van der Waals surface area contributed by atoms with Crippen LogP contribution in [0.3, 0.4) is 0 Å². The summed E-state index contributed by atoms with van der Waals surface area (Å²) >= 11 is 0. The Morgan fingerprint density at radius 1 is 1.22 bits per heavy atom. The Hall–Kier alpha value is -0.933. The van der Waals surface area contributed by atoms with Crippen molar-refractivity contribution in [1.82, 2.24) is 0 Å². The molecule has 0 saturated heterocycles. The van der Waals surface area contributed by atoms with Crippen molar-refractivity contribution in [2.24, 2.45) is 0 Å². The fraction of sp³-hybridized carbons (Fsp3) is 0.533. The summed E-state index contributed by atoms with van der Waals surface area (Å²) < 4.78 is 6.11. The molecule has 0 aliphatic carbocycles. The first-order valence-electron chi connectivity index (χ1n) is 6.42. The molecule has 2 nitrogen and oxygen atoms in total. The Morgan fingerprint density at radius 2 is 1.78 bits per heavy atom. The highest BCUT2D eigenvalue weighted by Gasteiger charge is 2.37. The summed E-state index contributed by atoms with van der Waals surface area (Å²) in [5.74, 6) is -0.152. The Morgan fingerprint density at radius 3 is 2.22 bits per heavy atom. The lowest BCUT2D eigenvalue weighted by Gasteiger charge is -2.36. The van der Waals surface area contributed by atoms with Crippen LogP contribution in [0.2, 0.25) is 18.1 Å². The molecule has 0 aliphatic heterocycles. The first kappa shape index (κ1) is 15.1. The van der Waals surface area contributed by atoms with Gasteiger partial charge in [0.2, 0.25) is 0 Å². The molecule has 0 radical (unpaired) electrons. The van der Waals surface area contributed by atoms with Gasteiger partial charge in [0, 0.05) is 6.61 Å². The van der Waals surface area contributed by atoms with Gasteiger partial charge < -0.3 is 9.22 Å². The van der Waals surface area contributed by atoms with E-state index in [1.165, 1.54) is 0 Å². The standard InChI is InChI=1S/C15H24O2Si/c1-15(2,3)18(4,5)17-12-14(11-16)13-9-7-6-8-10-13/h6-11,14H,12H2,1-5H3. The van der Waals surface area contributed by atoms with E-state index < -0.39 is 8.32 Å². The zero-order chi connectivity index (χ0) is 13.8. The molecule has 0 N–H and O–H groups in total. The smallest absolute Gasteiger partial charge is 0.192 e. The van der Waals surface area contributed by atoms with Crippen LogP contribution in [0.1, 0.15) is 32.3 Å². The molecule has 0 fully saturated rings. The molecule has 0 aromatic heterocycles. The maximum Gasteiger partial charge on any atom is 0.192 e. The summed E-state index contributed by atoms with van der Waals surface area (Å²) in [7, 11) is -1.78. The highest BCUT2D eigenvalue weighted by atomic mass is 28.4. The molecule has 0 aliphatic rings. The predicted octanol–water partition coefficient (Wildman–Crippen LogP) is 3.99. The van der Waals surface area contributed by atoms with Crippen LogP contribution >= 0.6 is 0 Å². The van der Waals surface area contributed by atoms with Crippen molar-refractivity contribution in [3.63, 3.8) is 0 Å². The molecule has 0 spiro atoms. The topological polar surface area (TPSA) is 26.3 Å². The van der Waals surface area contributed by atoms with E-state index in [0.717, 1.165) is 11.8 Å². The molecule has 18 heavy (non-hydrogen) atoms.